The Balaban J connectivity index is 1.90. The SMILES string of the molecule is Oc1ccccc1-c1cc2c3c([nH]c2nn1)CCNCC3. The van der Waals surface area contributed by atoms with Crippen LogP contribution in [0.3, 0.4) is 0 Å². The number of nitrogens with one attached hydrogen (secondary N) is 2. The second-order valence-electron chi connectivity index (χ2n) is 5.34. The standard InChI is InChI=1S/C16H16N4O/c21-15-4-2-1-3-11(15)14-9-12-10-5-7-17-8-6-13(10)18-16(12)20-19-14/h1-4,9,17,21H,5-8H2,(H,18,20). The molecule has 5 nitrogen and oxygen atoms in total. The molecule has 3 aromatic rings. The fourth-order valence-corrected chi connectivity index (χ4v) is 2.97. The van der Waals surface area contributed by atoms with Crippen LogP contribution >= 0.6 is 0 Å². The number of rotatable bonds is 1. The Hall–Kier alpha value is -2.40. The van der Waals surface area contributed by atoms with E-state index < -0.39 is 0 Å². The normalized spacial score (nSPS) is 14.9. The van der Waals surface area contributed by atoms with Crippen molar-refractivity contribution in [1.29, 1.82) is 0 Å². The van der Waals surface area contributed by atoms with Crippen LogP contribution in [0.1, 0.15) is 11.3 Å². The average Bonchev–Trinajstić information content (AvgIpc) is 2.68. The number of hydrogen-bond donors (Lipinski definition) is 3. The van der Waals surface area contributed by atoms with Crippen LogP contribution in [0.15, 0.2) is 30.3 Å². The van der Waals surface area contributed by atoms with Crippen LogP contribution in [-0.2, 0) is 12.8 Å². The van der Waals surface area contributed by atoms with E-state index >= 15 is 0 Å². The highest BCUT2D eigenvalue weighted by atomic mass is 16.3. The summed E-state index contributed by atoms with van der Waals surface area (Å²) < 4.78 is 0. The van der Waals surface area contributed by atoms with Gasteiger partial charge in [-0.3, -0.25) is 0 Å². The number of aromatic hydroxyl groups is 1. The van der Waals surface area contributed by atoms with Crippen molar-refractivity contribution in [3.05, 3.63) is 41.6 Å². The molecule has 0 atom stereocenters. The lowest BCUT2D eigenvalue weighted by Gasteiger charge is -2.03. The maximum Gasteiger partial charge on any atom is 0.160 e. The lowest BCUT2D eigenvalue weighted by atomic mass is 10.1. The Labute approximate surface area is 122 Å². The van der Waals surface area contributed by atoms with E-state index in [1.807, 2.05) is 18.2 Å². The number of aromatic amines is 1. The topological polar surface area (TPSA) is 73.8 Å². The number of fused-ring (bicyclic) bond motifs is 3. The first-order valence-corrected chi connectivity index (χ1v) is 7.19. The van der Waals surface area contributed by atoms with Crippen LogP contribution in [0.4, 0.5) is 0 Å². The summed E-state index contributed by atoms with van der Waals surface area (Å²) in [5.41, 5.74) is 4.83. The van der Waals surface area contributed by atoms with E-state index in [4.69, 9.17) is 0 Å². The summed E-state index contributed by atoms with van der Waals surface area (Å²) in [5, 5.41) is 23.0. The van der Waals surface area contributed by atoms with Gasteiger partial charge in [-0.2, -0.15) is 0 Å². The largest absolute Gasteiger partial charge is 0.507 e. The van der Waals surface area contributed by atoms with Crippen LogP contribution in [0.2, 0.25) is 0 Å². The van der Waals surface area contributed by atoms with Crippen molar-refractivity contribution in [3.63, 3.8) is 0 Å². The smallest absolute Gasteiger partial charge is 0.160 e. The Bertz CT molecular complexity index is 809. The molecule has 21 heavy (non-hydrogen) atoms. The molecule has 0 bridgehead atoms. The van der Waals surface area contributed by atoms with Gasteiger partial charge in [0.2, 0.25) is 0 Å². The van der Waals surface area contributed by atoms with Gasteiger partial charge in [0, 0.05) is 29.6 Å². The van der Waals surface area contributed by atoms with Crippen molar-refractivity contribution >= 4 is 11.0 Å². The number of benzene rings is 1. The van der Waals surface area contributed by atoms with E-state index in [9.17, 15) is 5.11 Å². The molecule has 5 heteroatoms. The first-order chi connectivity index (χ1) is 10.3. The molecule has 1 aromatic carbocycles. The third kappa shape index (κ3) is 2.06. The molecule has 0 fully saturated rings. The molecule has 0 aliphatic carbocycles. The van der Waals surface area contributed by atoms with E-state index in [1.54, 1.807) is 12.1 Å². The second kappa shape index (κ2) is 4.86. The molecule has 4 rings (SSSR count). The van der Waals surface area contributed by atoms with Crippen LogP contribution in [0.5, 0.6) is 5.75 Å². The van der Waals surface area contributed by atoms with Crippen LogP contribution in [0, 0.1) is 0 Å². The number of hydrogen-bond acceptors (Lipinski definition) is 4. The quantitative estimate of drug-likeness (QED) is 0.637. The summed E-state index contributed by atoms with van der Waals surface area (Å²) in [6, 6.07) is 9.25. The Morgan fingerprint density at radius 2 is 1.90 bits per heavy atom. The van der Waals surface area contributed by atoms with Crippen molar-refractivity contribution in [1.82, 2.24) is 20.5 Å². The van der Waals surface area contributed by atoms with Gasteiger partial charge in [0.15, 0.2) is 5.65 Å². The van der Waals surface area contributed by atoms with Gasteiger partial charge in [-0.15, -0.1) is 10.2 Å². The molecule has 1 aliphatic heterocycles. The Kier molecular flexibility index (Phi) is 2.86. The molecule has 0 spiro atoms. The van der Waals surface area contributed by atoms with E-state index in [2.05, 4.69) is 20.5 Å². The molecule has 0 radical (unpaired) electrons. The number of phenolic OH excluding ortho intramolecular Hbond substituents is 1. The van der Waals surface area contributed by atoms with E-state index in [0.717, 1.165) is 37.0 Å². The molecular formula is C16H16N4O. The van der Waals surface area contributed by atoms with Crippen molar-refractivity contribution in [2.24, 2.45) is 0 Å². The van der Waals surface area contributed by atoms with Crippen LogP contribution in [-0.4, -0.2) is 33.4 Å². The third-order valence-electron chi connectivity index (χ3n) is 4.04. The summed E-state index contributed by atoms with van der Waals surface area (Å²) in [7, 11) is 0. The van der Waals surface area contributed by atoms with Gasteiger partial charge in [0.25, 0.3) is 0 Å². The van der Waals surface area contributed by atoms with Gasteiger partial charge in [0.05, 0.1) is 5.69 Å². The predicted octanol–water partition coefficient (Wildman–Crippen LogP) is 2.02. The highest BCUT2D eigenvalue weighted by Crippen LogP contribution is 2.30. The van der Waals surface area contributed by atoms with E-state index in [-0.39, 0.29) is 5.75 Å². The summed E-state index contributed by atoms with van der Waals surface area (Å²) in [5.74, 6) is 0.231. The molecule has 0 amide bonds. The number of para-hydroxylation sites is 1. The van der Waals surface area contributed by atoms with Gasteiger partial charge in [-0.1, -0.05) is 12.1 Å². The first-order valence-electron chi connectivity index (χ1n) is 7.19. The fourth-order valence-electron chi connectivity index (χ4n) is 2.97. The Morgan fingerprint density at radius 3 is 2.81 bits per heavy atom. The number of nitrogens with zero attached hydrogens (tertiary/aromatic N) is 2. The summed E-state index contributed by atoms with van der Waals surface area (Å²) >= 11 is 0. The van der Waals surface area contributed by atoms with Gasteiger partial charge in [-0.05, 0) is 36.7 Å². The van der Waals surface area contributed by atoms with E-state index in [1.165, 1.54) is 11.3 Å². The summed E-state index contributed by atoms with van der Waals surface area (Å²) in [6.07, 6.45) is 1.97. The zero-order valence-electron chi connectivity index (χ0n) is 11.6. The first kappa shape index (κ1) is 12.3. The van der Waals surface area contributed by atoms with Gasteiger partial charge < -0.3 is 15.4 Å². The zero-order chi connectivity index (χ0) is 14.2. The highest BCUT2D eigenvalue weighted by Gasteiger charge is 2.16. The van der Waals surface area contributed by atoms with Crippen molar-refractivity contribution in [3.8, 4) is 17.0 Å². The molecular weight excluding hydrogens is 264 g/mol. The maximum atomic E-state index is 9.98. The third-order valence-corrected chi connectivity index (χ3v) is 4.04. The second-order valence-corrected chi connectivity index (χ2v) is 5.34. The van der Waals surface area contributed by atoms with Gasteiger partial charge in [0.1, 0.15) is 5.75 Å². The summed E-state index contributed by atoms with van der Waals surface area (Å²) in [4.78, 5) is 3.37. The van der Waals surface area contributed by atoms with Crippen molar-refractivity contribution in [2.45, 2.75) is 12.8 Å². The lowest BCUT2D eigenvalue weighted by molar-refractivity contribution is 0.477. The number of aromatic nitrogens is 3. The fraction of sp³-hybridized carbons (Fsp3) is 0.250. The molecule has 2 aromatic heterocycles. The number of H-pyrrole nitrogens is 1. The zero-order valence-corrected chi connectivity index (χ0v) is 11.6. The molecule has 0 saturated heterocycles. The van der Waals surface area contributed by atoms with Gasteiger partial charge in [-0.25, -0.2) is 0 Å². The minimum atomic E-state index is 0.231. The van der Waals surface area contributed by atoms with Crippen LogP contribution in [0.25, 0.3) is 22.3 Å². The minimum absolute atomic E-state index is 0.231. The van der Waals surface area contributed by atoms with E-state index in [0.29, 0.717) is 11.3 Å². The lowest BCUT2D eigenvalue weighted by Crippen LogP contribution is -2.16. The van der Waals surface area contributed by atoms with Crippen molar-refractivity contribution in [2.75, 3.05) is 13.1 Å². The highest BCUT2D eigenvalue weighted by molar-refractivity contribution is 5.85. The molecule has 106 valence electrons. The molecule has 3 N–H and O–H groups in total. The van der Waals surface area contributed by atoms with Gasteiger partial charge >= 0.3 is 0 Å². The molecule has 0 saturated carbocycles. The van der Waals surface area contributed by atoms with Crippen LogP contribution < -0.4 is 5.32 Å². The number of phenols is 1. The predicted molar refractivity (Wildman–Crippen MR) is 81.3 cm³/mol. The summed E-state index contributed by atoms with van der Waals surface area (Å²) in [6.45, 7) is 1.97. The average molecular weight is 280 g/mol. The monoisotopic (exact) mass is 280 g/mol. The van der Waals surface area contributed by atoms with Crippen molar-refractivity contribution < 1.29 is 5.11 Å². The molecule has 3 heterocycles. The molecule has 0 unspecified atom stereocenters. The Morgan fingerprint density at radius 1 is 1.05 bits per heavy atom. The molecule has 1 aliphatic rings. The minimum Gasteiger partial charge on any atom is -0.507 e. The maximum absolute atomic E-state index is 9.98.